The molecular formula is C15H21N5O2S. The van der Waals surface area contributed by atoms with Gasteiger partial charge in [0.15, 0.2) is 5.65 Å². The molecule has 4 rings (SSSR count). The van der Waals surface area contributed by atoms with Crippen LogP contribution in [-0.4, -0.2) is 65.0 Å². The van der Waals surface area contributed by atoms with E-state index < -0.39 is 10.0 Å². The molecule has 2 aromatic heterocycles. The monoisotopic (exact) mass is 335 g/mol. The lowest BCUT2D eigenvalue weighted by atomic mass is 10.1. The molecule has 0 saturated carbocycles. The van der Waals surface area contributed by atoms with E-state index in [-0.39, 0.29) is 5.03 Å². The molecule has 2 fully saturated rings. The zero-order valence-corrected chi connectivity index (χ0v) is 13.8. The average molecular weight is 335 g/mol. The Hall–Kier alpha value is -1.51. The second-order valence-electron chi connectivity index (χ2n) is 6.31. The van der Waals surface area contributed by atoms with Gasteiger partial charge in [0, 0.05) is 25.3 Å². The third-order valence-corrected chi connectivity index (χ3v) is 6.81. The first-order valence-electron chi connectivity index (χ1n) is 8.19. The molecule has 0 aromatic carbocycles. The predicted octanol–water partition coefficient (Wildman–Crippen LogP) is 1.21. The second-order valence-corrected chi connectivity index (χ2v) is 8.16. The molecule has 0 aliphatic carbocycles. The highest BCUT2D eigenvalue weighted by molar-refractivity contribution is 7.89. The van der Waals surface area contributed by atoms with Crippen LogP contribution in [-0.2, 0) is 10.0 Å². The Bertz CT molecular complexity index is 789. The van der Waals surface area contributed by atoms with Gasteiger partial charge in [-0.15, -0.1) is 0 Å². The number of fused-ring (bicyclic) bond motifs is 1. The van der Waals surface area contributed by atoms with Crippen molar-refractivity contribution in [2.24, 2.45) is 0 Å². The van der Waals surface area contributed by atoms with E-state index in [1.165, 1.54) is 12.8 Å². The fourth-order valence-electron chi connectivity index (χ4n) is 3.70. The van der Waals surface area contributed by atoms with Crippen molar-refractivity contribution in [2.45, 2.75) is 36.8 Å². The van der Waals surface area contributed by atoms with E-state index in [2.05, 4.69) is 20.1 Å². The van der Waals surface area contributed by atoms with Crippen LogP contribution in [0, 0.1) is 0 Å². The number of aromatic amines is 1. The summed E-state index contributed by atoms with van der Waals surface area (Å²) in [5.41, 5.74) is 0.512. The van der Waals surface area contributed by atoms with Crippen LogP contribution in [0.15, 0.2) is 23.4 Å². The summed E-state index contributed by atoms with van der Waals surface area (Å²) in [4.78, 5) is 6.63. The number of rotatable bonds is 3. The van der Waals surface area contributed by atoms with Crippen molar-refractivity contribution in [3.8, 4) is 0 Å². The predicted molar refractivity (Wildman–Crippen MR) is 86.5 cm³/mol. The summed E-state index contributed by atoms with van der Waals surface area (Å²) >= 11 is 0. The molecular weight excluding hydrogens is 314 g/mol. The maximum Gasteiger partial charge on any atom is 0.263 e. The minimum atomic E-state index is -3.56. The Kier molecular flexibility index (Phi) is 3.82. The SMILES string of the molecule is O=S(=O)(c1n[nH]c2ncccc12)N1CCC(N2CCCC2)CC1. The van der Waals surface area contributed by atoms with E-state index in [0.717, 1.165) is 25.9 Å². The van der Waals surface area contributed by atoms with Crippen molar-refractivity contribution in [3.63, 3.8) is 0 Å². The molecule has 1 N–H and O–H groups in total. The van der Waals surface area contributed by atoms with Crippen molar-refractivity contribution in [3.05, 3.63) is 18.3 Å². The molecule has 2 aliphatic rings. The van der Waals surface area contributed by atoms with Gasteiger partial charge in [-0.25, -0.2) is 13.4 Å². The van der Waals surface area contributed by atoms with Crippen LogP contribution in [0.3, 0.4) is 0 Å². The number of sulfonamides is 1. The van der Waals surface area contributed by atoms with Crippen LogP contribution in [0.25, 0.3) is 11.0 Å². The van der Waals surface area contributed by atoms with Crippen LogP contribution in [0.1, 0.15) is 25.7 Å². The van der Waals surface area contributed by atoms with Crippen LogP contribution in [0.4, 0.5) is 0 Å². The molecule has 0 unspecified atom stereocenters. The smallest absolute Gasteiger partial charge is 0.263 e. The van der Waals surface area contributed by atoms with Gasteiger partial charge in [0.25, 0.3) is 10.0 Å². The number of nitrogens with zero attached hydrogens (tertiary/aromatic N) is 4. The van der Waals surface area contributed by atoms with Crippen LogP contribution in [0.2, 0.25) is 0 Å². The standard InChI is InChI=1S/C15H21N5O2S/c21-23(22,15-13-4-3-7-16-14(13)17-18-15)20-10-5-12(6-11-20)19-8-1-2-9-19/h3-4,7,12H,1-2,5-6,8-11H2,(H,16,17,18). The van der Waals surface area contributed by atoms with E-state index in [1.54, 1.807) is 22.6 Å². The first kappa shape index (κ1) is 15.0. The number of nitrogens with one attached hydrogen (secondary N) is 1. The lowest BCUT2D eigenvalue weighted by molar-refractivity contribution is 0.167. The molecule has 0 radical (unpaired) electrons. The molecule has 2 saturated heterocycles. The van der Waals surface area contributed by atoms with Crippen molar-refractivity contribution >= 4 is 21.1 Å². The zero-order valence-electron chi connectivity index (χ0n) is 13.0. The Morgan fingerprint density at radius 3 is 2.61 bits per heavy atom. The lowest BCUT2D eigenvalue weighted by Gasteiger charge is -2.35. The van der Waals surface area contributed by atoms with Crippen molar-refractivity contribution in [1.82, 2.24) is 24.4 Å². The summed E-state index contributed by atoms with van der Waals surface area (Å²) in [6.07, 6.45) is 5.97. The summed E-state index contributed by atoms with van der Waals surface area (Å²) in [5, 5.41) is 7.38. The van der Waals surface area contributed by atoms with Gasteiger partial charge in [0.1, 0.15) is 0 Å². The summed E-state index contributed by atoms with van der Waals surface area (Å²) in [6, 6.07) is 4.01. The average Bonchev–Trinajstić information content (AvgIpc) is 3.25. The summed E-state index contributed by atoms with van der Waals surface area (Å²) in [5.74, 6) is 0. The first-order valence-corrected chi connectivity index (χ1v) is 9.63. The van der Waals surface area contributed by atoms with Crippen LogP contribution >= 0.6 is 0 Å². The van der Waals surface area contributed by atoms with Gasteiger partial charge < -0.3 is 4.90 Å². The zero-order chi connectivity index (χ0) is 15.9. The molecule has 7 nitrogen and oxygen atoms in total. The topological polar surface area (TPSA) is 82.2 Å². The number of hydrogen-bond donors (Lipinski definition) is 1. The van der Waals surface area contributed by atoms with Gasteiger partial charge in [-0.2, -0.15) is 9.40 Å². The molecule has 0 bridgehead atoms. The molecule has 0 atom stereocenters. The molecule has 4 heterocycles. The Morgan fingerprint density at radius 2 is 1.87 bits per heavy atom. The molecule has 124 valence electrons. The van der Waals surface area contributed by atoms with Crippen molar-refractivity contribution in [1.29, 1.82) is 0 Å². The van der Waals surface area contributed by atoms with Crippen molar-refractivity contribution < 1.29 is 8.42 Å². The number of piperidine rings is 1. The van der Waals surface area contributed by atoms with E-state index in [4.69, 9.17) is 0 Å². The largest absolute Gasteiger partial charge is 0.300 e. The van der Waals surface area contributed by atoms with Crippen LogP contribution < -0.4 is 0 Å². The molecule has 0 amide bonds. The highest BCUT2D eigenvalue weighted by Crippen LogP contribution is 2.27. The van der Waals surface area contributed by atoms with Crippen molar-refractivity contribution in [2.75, 3.05) is 26.2 Å². The Labute approximate surface area is 135 Å². The van der Waals surface area contributed by atoms with Gasteiger partial charge in [0.05, 0.1) is 5.39 Å². The Morgan fingerprint density at radius 1 is 1.13 bits per heavy atom. The fraction of sp³-hybridized carbons (Fsp3) is 0.600. The van der Waals surface area contributed by atoms with Crippen LogP contribution in [0.5, 0.6) is 0 Å². The quantitative estimate of drug-likeness (QED) is 0.911. The molecule has 2 aliphatic heterocycles. The molecule has 0 spiro atoms. The fourth-order valence-corrected chi connectivity index (χ4v) is 5.24. The minimum absolute atomic E-state index is 0.0974. The highest BCUT2D eigenvalue weighted by Gasteiger charge is 2.34. The maximum atomic E-state index is 12.9. The minimum Gasteiger partial charge on any atom is -0.300 e. The first-order chi connectivity index (χ1) is 11.2. The number of hydrogen-bond acceptors (Lipinski definition) is 5. The van der Waals surface area contributed by atoms with Gasteiger partial charge in [-0.1, -0.05) is 0 Å². The number of H-pyrrole nitrogens is 1. The highest BCUT2D eigenvalue weighted by atomic mass is 32.2. The van der Waals surface area contributed by atoms with E-state index >= 15 is 0 Å². The molecule has 23 heavy (non-hydrogen) atoms. The Balaban J connectivity index is 1.53. The summed E-state index contributed by atoms with van der Waals surface area (Å²) in [6.45, 7) is 3.45. The summed E-state index contributed by atoms with van der Waals surface area (Å²) in [7, 11) is -3.56. The number of pyridine rings is 1. The van der Waals surface area contributed by atoms with Gasteiger partial charge >= 0.3 is 0 Å². The third kappa shape index (κ3) is 2.64. The maximum absolute atomic E-state index is 12.9. The second kappa shape index (κ2) is 5.85. The third-order valence-electron chi connectivity index (χ3n) is 4.97. The number of likely N-dealkylation sites (tertiary alicyclic amines) is 1. The molecule has 2 aromatic rings. The van der Waals surface area contributed by atoms with Gasteiger partial charge in [-0.3, -0.25) is 5.10 Å². The number of aromatic nitrogens is 3. The normalized spacial score (nSPS) is 22.1. The van der Waals surface area contributed by atoms with E-state index in [9.17, 15) is 8.42 Å². The molecule has 8 heteroatoms. The van der Waals surface area contributed by atoms with E-state index in [1.807, 2.05) is 0 Å². The van der Waals surface area contributed by atoms with Gasteiger partial charge in [0.2, 0.25) is 5.03 Å². The van der Waals surface area contributed by atoms with Gasteiger partial charge in [-0.05, 0) is 50.9 Å². The summed E-state index contributed by atoms with van der Waals surface area (Å²) < 4.78 is 27.4. The lowest BCUT2D eigenvalue weighted by Crippen LogP contribution is -2.45. The van der Waals surface area contributed by atoms with E-state index in [0.29, 0.717) is 30.2 Å².